The highest BCUT2D eigenvalue weighted by Gasteiger charge is 2.27. The Labute approximate surface area is 185 Å². The van der Waals surface area contributed by atoms with E-state index in [-0.39, 0.29) is 18.0 Å². The number of halogens is 1. The van der Waals surface area contributed by atoms with Gasteiger partial charge in [-0.3, -0.25) is 4.79 Å². The summed E-state index contributed by atoms with van der Waals surface area (Å²) in [6.45, 7) is 4.16. The second-order valence-corrected chi connectivity index (χ2v) is 9.15. The largest absolute Gasteiger partial charge is 0.371 e. The van der Waals surface area contributed by atoms with Crippen LogP contribution in [0.25, 0.3) is 0 Å². The van der Waals surface area contributed by atoms with Gasteiger partial charge in [0.2, 0.25) is 0 Å². The Morgan fingerprint density at radius 3 is 2.33 bits per heavy atom. The molecule has 30 heavy (non-hydrogen) atoms. The lowest BCUT2D eigenvalue weighted by Crippen LogP contribution is -2.35. The molecule has 7 heteroatoms. The molecule has 1 aliphatic carbocycles. The number of carbonyl (C=O) groups is 2. The van der Waals surface area contributed by atoms with Crippen LogP contribution >= 0.6 is 15.9 Å². The molecule has 1 saturated heterocycles. The van der Waals surface area contributed by atoms with Crippen molar-refractivity contribution in [2.45, 2.75) is 38.6 Å². The van der Waals surface area contributed by atoms with Crippen molar-refractivity contribution in [2.75, 3.05) is 28.6 Å². The Kier molecular flexibility index (Phi) is 6.27. The van der Waals surface area contributed by atoms with Crippen LogP contribution in [-0.4, -0.2) is 31.1 Å². The predicted octanol–water partition coefficient (Wildman–Crippen LogP) is 5.22. The highest BCUT2D eigenvalue weighted by molar-refractivity contribution is 9.10. The first-order valence-corrected chi connectivity index (χ1v) is 11.3. The van der Waals surface area contributed by atoms with Crippen LogP contribution in [0.4, 0.5) is 21.9 Å². The van der Waals surface area contributed by atoms with Crippen LogP contribution in [0.1, 0.15) is 43.0 Å². The number of piperidine rings is 1. The standard InChI is InChI=1S/C23H27BrN4O2/c1-15-9-11-28(12-10-15)21-8-7-19(14-20(21)22(29)25-17-5-6-17)27-23(30)26-18-4-2-3-16(24)13-18/h2-4,7-8,13-15,17H,5-6,9-12H2,1H3,(H,25,29)(H2,26,27,30). The third-order valence-corrected chi connectivity index (χ3v) is 6.11. The second kappa shape index (κ2) is 9.08. The van der Waals surface area contributed by atoms with Crippen molar-refractivity contribution >= 4 is 44.9 Å². The van der Waals surface area contributed by atoms with E-state index in [2.05, 4.69) is 43.7 Å². The lowest BCUT2D eigenvalue weighted by atomic mass is 9.98. The van der Waals surface area contributed by atoms with Gasteiger partial charge >= 0.3 is 6.03 Å². The first-order chi connectivity index (χ1) is 14.5. The highest BCUT2D eigenvalue weighted by Crippen LogP contribution is 2.30. The van der Waals surface area contributed by atoms with Crippen LogP contribution in [0.2, 0.25) is 0 Å². The molecular weight excluding hydrogens is 444 g/mol. The molecule has 6 nitrogen and oxygen atoms in total. The molecule has 2 aromatic rings. The molecule has 1 aliphatic heterocycles. The average molecular weight is 471 g/mol. The maximum Gasteiger partial charge on any atom is 0.323 e. The number of anilines is 3. The second-order valence-electron chi connectivity index (χ2n) is 8.24. The zero-order valence-electron chi connectivity index (χ0n) is 17.1. The number of carbonyl (C=O) groups excluding carboxylic acids is 2. The van der Waals surface area contributed by atoms with Crippen LogP contribution in [-0.2, 0) is 0 Å². The van der Waals surface area contributed by atoms with E-state index in [9.17, 15) is 9.59 Å². The Morgan fingerprint density at radius 1 is 0.967 bits per heavy atom. The molecule has 0 atom stereocenters. The van der Waals surface area contributed by atoms with E-state index in [4.69, 9.17) is 0 Å². The first-order valence-electron chi connectivity index (χ1n) is 10.5. The van der Waals surface area contributed by atoms with Crippen LogP contribution < -0.4 is 20.9 Å². The minimum absolute atomic E-state index is 0.0674. The van der Waals surface area contributed by atoms with Crippen LogP contribution in [0, 0.1) is 5.92 Å². The molecular formula is C23H27BrN4O2. The number of nitrogens with zero attached hydrogens (tertiary/aromatic N) is 1. The number of rotatable bonds is 5. The van der Waals surface area contributed by atoms with Gasteiger partial charge in [0, 0.05) is 40.7 Å². The summed E-state index contributed by atoms with van der Waals surface area (Å²) in [6.07, 6.45) is 4.32. The van der Waals surface area contributed by atoms with Crippen molar-refractivity contribution in [2.24, 2.45) is 5.92 Å². The van der Waals surface area contributed by atoms with E-state index in [1.807, 2.05) is 36.4 Å². The number of urea groups is 1. The van der Waals surface area contributed by atoms with Gasteiger partial charge in [-0.15, -0.1) is 0 Å². The Morgan fingerprint density at radius 2 is 1.67 bits per heavy atom. The predicted molar refractivity (Wildman–Crippen MR) is 124 cm³/mol. The molecule has 0 radical (unpaired) electrons. The number of hydrogen-bond acceptors (Lipinski definition) is 3. The van der Waals surface area contributed by atoms with Crippen molar-refractivity contribution in [1.29, 1.82) is 0 Å². The van der Waals surface area contributed by atoms with Crippen molar-refractivity contribution in [3.63, 3.8) is 0 Å². The molecule has 2 aromatic carbocycles. The molecule has 3 N–H and O–H groups in total. The van der Waals surface area contributed by atoms with Crippen molar-refractivity contribution in [3.8, 4) is 0 Å². The van der Waals surface area contributed by atoms with Gasteiger partial charge in [-0.2, -0.15) is 0 Å². The van der Waals surface area contributed by atoms with Crippen molar-refractivity contribution in [3.05, 3.63) is 52.5 Å². The minimum atomic E-state index is -0.346. The molecule has 158 valence electrons. The minimum Gasteiger partial charge on any atom is -0.371 e. The van der Waals surface area contributed by atoms with E-state index in [1.165, 1.54) is 0 Å². The van der Waals surface area contributed by atoms with Gasteiger partial charge in [0.05, 0.1) is 5.56 Å². The summed E-state index contributed by atoms with van der Waals surface area (Å²) in [5.74, 6) is 0.648. The van der Waals surface area contributed by atoms with E-state index in [0.29, 0.717) is 22.9 Å². The summed E-state index contributed by atoms with van der Waals surface area (Å²) < 4.78 is 0.888. The molecule has 0 unspecified atom stereocenters. The van der Waals surface area contributed by atoms with Crippen molar-refractivity contribution in [1.82, 2.24) is 5.32 Å². The maximum absolute atomic E-state index is 12.9. The normalized spacial score (nSPS) is 16.8. The van der Waals surface area contributed by atoms with Gasteiger partial charge in [0.15, 0.2) is 0 Å². The third-order valence-electron chi connectivity index (χ3n) is 5.62. The van der Waals surface area contributed by atoms with Crippen LogP contribution in [0.5, 0.6) is 0 Å². The summed E-state index contributed by atoms with van der Waals surface area (Å²) in [5.41, 5.74) is 2.85. The SMILES string of the molecule is CC1CCN(c2ccc(NC(=O)Nc3cccc(Br)c3)cc2C(=O)NC2CC2)CC1. The molecule has 0 spiro atoms. The summed E-state index contributed by atoms with van der Waals surface area (Å²) in [4.78, 5) is 27.6. The topological polar surface area (TPSA) is 73.5 Å². The molecule has 2 fully saturated rings. The molecule has 1 heterocycles. The van der Waals surface area contributed by atoms with Gasteiger partial charge in [0.1, 0.15) is 0 Å². The van der Waals surface area contributed by atoms with Gasteiger partial charge in [0.25, 0.3) is 5.91 Å². The Bertz CT molecular complexity index is 937. The lowest BCUT2D eigenvalue weighted by Gasteiger charge is -2.33. The summed E-state index contributed by atoms with van der Waals surface area (Å²) >= 11 is 3.40. The Balaban J connectivity index is 1.51. The van der Waals surface area contributed by atoms with Crippen LogP contribution in [0.3, 0.4) is 0 Å². The molecule has 0 aromatic heterocycles. The molecule has 3 amide bonds. The fourth-order valence-corrected chi connectivity index (χ4v) is 4.07. The maximum atomic E-state index is 12.9. The molecule has 1 saturated carbocycles. The zero-order valence-corrected chi connectivity index (χ0v) is 18.7. The van der Waals surface area contributed by atoms with E-state index in [1.54, 1.807) is 6.07 Å². The fourth-order valence-electron chi connectivity index (χ4n) is 3.67. The molecule has 0 bridgehead atoms. The summed E-state index contributed by atoms with van der Waals surface area (Å²) in [5, 5.41) is 8.75. The Hall–Kier alpha value is -2.54. The lowest BCUT2D eigenvalue weighted by molar-refractivity contribution is 0.0951. The highest BCUT2D eigenvalue weighted by atomic mass is 79.9. The summed E-state index contributed by atoms with van der Waals surface area (Å²) in [7, 11) is 0. The van der Waals surface area contributed by atoms with Gasteiger partial charge in [-0.1, -0.05) is 28.9 Å². The number of amides is 3. The smallest absolute Gasteiger partial charge is 0.323 e. The quantitative estimate of drug-likeness (QED) is 0.560. The van der Waals surface area contributed by atoms with Crippen LogP contribution in [0.15, 0.2) is 46.9 Å². The molecule has 4 rings (SSSR count). The average Bonchev–Trinajstić information content (AvgIpc) is 3.52. The monoisotopic (exact) mass is 470 g/mol. The third kappa shape index (κ3) is 5.33. The van der Waals surface area contributed by atoms with Gasteiger partial charge in [-0.25, -0.2) is 4.79 Å². The van der Waals surface area contributed by atoms with E-state index in [0.717, 1.165) is 48.9 Å². The number of hydrogen-bond donors (Lipinski definition) is 3. The number of benzene rings is 2. The summed E-state index contributed by atoms with van der Waals surface area (Å²) in [6, 6.07) is 12.9. The number of nitrogens with one attached hydrogen (secondary N) is 3. The van der Waals surface area contributed by atoms with E-state index >= 15 is 0 Å². The fraction of sp³-hybridized carbons (Fsp3) is 0.391. The van der Waals surface area contributed by atoms with Crippen molar-refractivity contribution < 1.29 is 9.59 Å². The van der Waals surface area contributed by atoms with Gasteiger partial charge < -0.3 is 20.9 Å². The molecule has 2 aliphatic rings. The van der Waals surface area contributed by atoms with Gasteiger partial charge in [-0.05, 0) is 68.0 Å². The first kappa shape index (κ1) is 20.7. The zero-order chi connectivity index (χ0) is 21.1. The van der Waals surface area contributed by atoms with E-state index < -0.39 is 0 Å².